The summed E-state index contributed by atoms with van der Waals surface area (Å²) in [7, 11) is 1.83. The fourth-order valence-electron chi connectivity index (χ4n) is 1.90. The van der Waals surface area contributed by atoms with E-state index >= 15 is 0 Å². The number of carbonyl (C=O) groups excluding carboxylic acids is 2. The van der Waals surface area contributed by atoms with Gasteiger partial charge in [0.1, 0.15) is 0 Å². The van der Waals surface area contributed by atoms with Gasteiger partial charge in [-0.1, -0.05) is 12.1 Å². The molecule has 0 unspecified atom stereocenters. The fraction of sp³-hybridized carbons (Fsp3) is 0.333. The third kappa shape index (κ3) is 2.07. The van der Waals surface area contributed by atoms with E-state index in [4.69, 9.17) is 5.73 Å². The summed E-state index contributed by atoms with van der Waals surface area (Å²) in [5.74, 6) is -0.455. The van der Waals surface area contributed by atoms with Crippen molar-refractivity contribution in [3.63, 3.8) is 0 Å². The van der Waals surface area contributed by atoms with Gasteiger partial charge in [-0.3, -0.25) is 19.4 Å². The summed E-state index contributed by atoms with van der Waals surface area (Å²) in [6.07, 6.45) is 0. The molecule has 0 radical (unpaired) electrons. The molecule has 1 heterocycles. The van der Waals surface area contributed by atoms with E-state index in [1.165, 1.54) is 4.90 Å². The van der Waals surface area contributed by atoms with E-state index in [1.54, 1.807) is 24.3 Å². The van der Waals surface area contributed by atoms with Crippen molar-refractivity contribution in [1.82, 2.24) is 9.80 Å². The minimum absolute atomic E-state index is 0.227. The van der Waals surface area contributed by atoms with Crippen LogP contribution in [-0.4, -0.2) is 48.4 Å². The monoisotopic (exact) mass is 233 g/mol. The van der Waals surface area contributed by atoms with E-state index in [0.29, 0.717) is 24.2 Å². The Morgan fingerprint density at radius 1 is 1.18 bits per heavy atom. The van der Waals surface area contributed by atoms with Gasteiger partial charge in [0.25, 0.3) is 11.8 Å². The molecule has 90 valence electrons. The maximum absolute atomic E-state index is 12.0. The second-order valence-corrected chi connectivity index (χ2v) is 4.09. The number of benzene rings is 1. The molecule has 5 heteroatoms. The third-order valence-corrected chi connectivity index (χ3v) is 2.77. The molecule has 2 rings (SSSR count). The first-order valence-electron chi connectivity index (χ1n) is 5.49. The minimum Gasteiger partial charge on any atom is -0.329 e. The van der Waals surface area contributed by atoms with Crippen LogP contribution in [-0.2, 0) is 0 Å². The first-order chi connectivity index (χ1) is 8.15. The van der Waals surface area contributed by atoms with E-state index < -0.39 is 0 Å². The molecule has 2 N–H and O–H groups in total. The van der Waals surface area contributed by atoms with Crippen LogP contribution in [0.5, 0.6) is 0 Å². The lowest BCUT2D eigenvalue weighted by Gasteiger charge is -2.21. The predicted molar refractivity (Wildman–Crippen MR) is 63.5 cm³/mol. The lowest BCUT2D eigenvalue weighted by molar-refractivity contribution is 0.0568. The number of nitrogens with two attached hydrogens (primary N) is 1. The second-order valence-electron chi connectivity index (χ2n) is 4.09. The molecule has 5 nitrogen and oxygen atoms in total. The molecular formula is C12H15N3O2. The van der Waals surface area contributed by atoms with Gasteiger partial charge in [-0.25, -0.2) is 0 Å². The summed E-state index contributed by atoms with van der Waals surface area (Å²) >= 11 is 0. The Bertz CT molecular complexity index is 424. The molecule has 0 aromatic heterocycles. The van der Waals surface area contributed by atoms with Crippen molar-refractivity contribution in [1.29, 1.82) is 0 Å². The molecule has 0 atom stereocenters. The number of hydrogen-bond acceptors (Lipinski definition) is 4. The topological polar surface area (TPSA) is 66.6 Å². The van der Waals surface area contributed by atoms with Crippen molar-refractivity contribution in [3.05, 3.63) is 35.4 Å². The largest absolute Gasteiger partial charge is 0.329 e. The van der Waals surface area contributed by atoms with Crippen LogP contribution in [0.4, 0.5) is 0 Å². The Kier molecular flexibility index (Phi) is 3.21. The zero-order valence-electron chi connectivity index (χ0n) is 9.72. The van der Waals surface area contributed by atoms with Gasteiger partial charge >= 0.3 is 0 Å². The number of carbonyl (C=O) groups is 2. The van der Waals surface area contributed by atoms with Crippen molar-refractivity contribution in [2.75, 3.05) is 26.8 Å². The summed E-state index contributed by atoms with van der Waals surface area (Å²) in [4.78, 5) is 27.1. The van der Waals surface area contributed by atoms with Gasteiger partial charge in [-0.2, -0.15) is 0 Å². The Morgan fingerprint density at radius 2 is 1.71 bits per heavy atom. The molecule has 17 heavy (non-hydrogen) atoms. The van der Waals surface area contributed by atoms with Gasteiger partial charge in [0.15, 0.2) is 0 Å². The summed E-state index contributed by atoms with van der Waals surface area (Å²) in [6.45, 7) is 1.43. The molecular weight excluding hydrogens is 218 g/mol. The molecule has 2 amide bonds. The minimum atomic E-state index is -0.227. The van der Waals surface area contributed by atoms with E-state index in [9.17, 15) is 9.59 Å². The zero-order chi connectivity index (χ0) is 12.4. The van der Waals surface area contributed by atoms with Crippen LogP contribution >= 0.6 is 0 Å². The van der Waals surface area contributed by atoms with Crippen LogP contribution in [0.1, 0.15) is 20.7 Å². The highest BCUT2D eigenvalue weighted by molar-refractivity contribution is 6.21. The van der Waals surface area contributed by atoms with Gasteiger partial charge in [0.05, 0.1) is 17.8 Å². The zero-order valence-corrected chi connectivity index (χ0v) is 9.72. The smallest absolute Gasteiger partial charge is 0.262 e. The summed E-state index contributed by atoms with van der Waals surface area (Å²) in [5, 5.41) is 0. The number of imide groups is 1. The highest BCUT2D eigenvalue weighted by atomic mass is 16.2. The number of hydrogen-bond donors (Lipinski definition) is 1. The maximum atomic E-state index is 12.0. The summed E-state index contributed by atoms with van der Waals surface area (Å²) in [6, 6.07) is 6.88. The Balaban J connectivity index is 2.19. The highest BCUT2D eigenvalue weighted by Gasteiger charge is 2.35. The molecule has 0 bridgehead atoms. The molecule has 1 aliphatic rings. The average molecular weight is 233 g/mol. The van der Waals surface area contributed by atoms with Crippen molar-refractivity contribution in [2.24, 2.45) is 5.73 Å². The van der Waals surface area contributed by atoms with E-state index in [2.05, 4.69) is 0 Å². The van der Waals surface area contributed by atoms with Gasteiger partial charge in [0, 0.05) is 13.1 Å². The molecule has 0 fully saturated rings. The molecule has 0 spiro atoms. The van der Waals surface area contributed by atoms with Crippen LogP contribution in [0.3, 0.4) is 0 Å². The second kappa shape index (κ2) is 4.65. The molecule has 0 aliphatic carbocycles. The average Bonchev–Trinajstić information content (AvgIpc) is 2.56. The van der Waals surface area contributed by atoms with Gasteiger partial charge in [-0.05, 0) is 19.2 Å². The lowest BCUT2D eigenvalue weighted by Crippen LogP contribution is -2.41. The molecule has 0 saturated carbocycles. The van der Waals surface area contributed by atoms with Gasteiger partial charge in [-0.15, -0.1) is 0 Å². The van der Waals surface area contributed by atoms with E-state index in [1.807, 2.05) is 11.9 Å². The summed E-state index contributed by atoms with van der Waals surface area (Å²) in [5.41, 5.74) is 6.40. The quantitative estimate of drug-likeness (QED) is 0.751. The Morgan fingerprint density at radius 3 is 2.18 bits per heavy atom. The van der Waals surface area contributed by atoms with Crippen LogP contribution in [0.2, 0.25) is 0 Å². The van der Waals surface area contributed by atoms with Crippen LogP contribution in [0.15, 0.2) is 24.3 Å². The third-order valence-electron chi connectivity index (χ3n) is 2.77. The van der Waals surface area contributed by atoms with E-state index in [-0.39, 0.29) is 18.5 Å². The first-order valence-corrected chi connectivity index (χ1v) is 5.49. The van der Waals surface area contributed by atoms with Crippen molar-refractivity contribution in [3.8, 4) is 0 Å². The highest BCUT2D eigenvalue weighted by Crippen LogP contribution is 2.22. The lowest BCUT2D eigenvalue weighted by atomic mass is 10.1. The SMILES string of the molecule is CN(CCN)CN1C(=O)c2ccccc2C1=O. The van der Waals surface area contributed by atoms with Crippen molar-refractivity contribution < 1.29 is 9.59 Å². The number of likely N-dealkylation sites (N-methyl/N-ethyl adjacent to an activating group) is 1. The molecule has 1 aliphatic heterocycles. The fourth-order valence-corrected chi connectivity index (χ4v) is 1.90. The van der Waals surface area contributed by atoms with Crippen LogP contribution < -0.4 is 5.73 Å². The van der Waals surface area contributed by atoms with Gasteiger partial charge < -0.3 is 5.73 Å². The van der Waals surface area contributed by atoms with Crippen molar-refractivity contribution >= 4 is 11.8 Å². The number of nitrogens with zero attached hydrogens (tertiary/aromatic N) is 2. The molecule has 1 aromatic rings. The maximum Gasteiger partial charge on any atom is 0.262 e. The number of rotatable bonds is 4. The van der Waals surface area contributed by atoms with Crippen molar-refractivity contribution in [2.45, 2.75) is 0 Å². The number of fused-ring (bicyclic) bond motifs is 1. The van der Waals surface area contributed by atoms with Crippen LogP contribution in [0, 0.1) is 0 Å². The Labute approximate surface area is 99.8 Å². The molecule has 0 saturated heterocycles. The predicted octanol–water partition coefficient (Wildman–Crippen LogP) is 0.131. The normalized spacial score (nSPS) is 14.6. The number of amides is 2. The summed E-state index contributed by atoms with van der Waals surface area (Å²) < 4.78 is 0. The first kappa shape index (κ1) is 11.8. The molecule has 1 aromatic carbocycles. The van der Waals surface area contributed by atoms with E-state index in [0.717, 1.165) is 0 Å². The van der Waals surface area contributed by atoms with Crippen LogP contribution in [0.25, 0.3) is 0 Å². The Hall–Kier alpha value is -1.72. The van der Waals surface area contributed by atoms with Gasteiger partial charge in [0.2, 0.25) is 0 Å². The standard InChI is InChI=1S/C12H15N3O2/c1-14(7-6-13)8-15-11(16)9-4-2-3-5-10(9)12(15)17/h2-5H,6-8,13H2,1H3.